The molecule has 142 valence electrons. The van der Waals surface area contributed by atoms with Crippen molar-refractivity contribution in [2.45, 2.75) is 18.9 Å². The van der Waals surface area contributed by atoms with Gasteiger partial charge < -0.3 is 15.8 Å². The molecular formula is C20H24N4O3. The van der Waals surface area contributed by atoms with Crippen LogP contribution in [0.4, 0.5) is 0 Å². The number of ether oxygens (including phenoxy) is 1. The Morgan fingerprint density at radius 1 is 1.19 bits per heavy atom. The van der Waals surface area contributed by atoms with Crippen molar-refractivity contribution in [3.8, 4) is 5.75 Å². The lowest BCUT2D eigenvalue weighted by Gasteiger charge is -2.27. The van der Waals surface area contributed by atoms with Gasteiger partial charge in [0.1, 0.15) is 5.75 Å². The fourth-order valence-electron chi connectivity index (χ4n) is 3.21. The van der Waals surface area contributed by atoms with Gasteiger partial charge in [0.25, 0.3) is 5.91 Å². The Labute approximate surface area is 158 Å². The number of primary amides is 1. The second kappa shape index (κ2) is 9.14. The molecule has 1 fully saturated rings. The molecular weight excluding hydrogens is 344 g/mol. The van der Waals surface area contributed by atoms with Gasteiger partial charge in [-0.2, -0.15) is 0 Å². The third kappa shape index (κ3) is 5.27. The summed E-state index contributed by atoms with van der Waals surface area (Å²) in [5, 5.41) is 2.95. The van der Waals surface area contributed by atoms with Crippen LogP contribution < -0.4 is 15.8 Å². The summed E-state index contributed by atoms with van der Waals surface area (Å²) >= 11 is 0. The first-order valence-corrected chi connectivity index (χ1v) is 9.07. The van der Waals surface area contributed by atoms with E-state index in [1.165, 1.54) is 12.8 Å². The predicted molar refractivity (Wildman–Crippen MR) is 101 cm³/mol. The van der Waals surface area contributed by atoms with Crippen LogP contribution in [0.1, 0.15) is 34.8 Å². The quantitative estimate of drug-likeness (QED) is 0.736. The van der Waals surface area contributed by atoms with Crippen molar-refractivity contribution in [2.24, 2.45) is 5.73 Å². The summed E-state index contributed by atoms with van der Waals surface area (Å²) in [4.78, 5) is 29.8. The number of rotatable bonds is 8. The average molecular weight is 368 g/mol. The number of carbonyl (C=O) groups excluding carboxylic acids is 2. The van der Waals surface area contributed by atoms with Crippen molar-refractivity contribution < 1.29 is 14.3 Å². The van der Waals surface area contributed by atoms with Crippen LogP contribution in [0.15, 0.2) is 48.8 Å². The standard InChI is InChI=1S/C20H24N4O3/c21-20(26)15-5-7-17(8-6-15)27-14-19(25)23-13-18(24-10-1-2-11-24)16-4-3-9-22-12-16/h3-9,12,18H,1-2,10-11,13-14H2,(H2,21,26)(H,23,25). The second-order valence-corrected chi connectivity index (χ2v) is 6.53. The summed E-state index contributed by atoms with van der Waals surface area (Å²) in [6, 6.07) is 10.5. The molecule has 1 aliphatic rings. The number of benzene rings is 1. The fraction of sp³-hybridized carbons (Fsp3) is 0.350. The van der Waals surface area contributed by atoms with Gasteiger partial charge in [-0.1, -0.05) is 6.07 Å². The molecule has 0 saturated carbocycles. The van der Waals surface area contributed by atoms with Gasteiger partial charge in [-0.05, 0) is 61.8 Å². The number of hydrogen-bond donors (Lipinski definition) is 2. The van der Waals surface area contributed by atoms with Crippen molar-refractivity contribution in [3.05, 3.63) is 59.9 Å². The molecule has 2 heterocycles. The Morgan fingerprint density at radius 3 is 2.56 bits per heavy atom. The van der Waals surface area contributed by atoms with Crippen LogP contribution in [0.25, 0.3) is 0 Å². The van der Waals surface area contributed by atoms with Crippen LogP contribution in [0.5, 0.6) is 5.75 Å². The highest BCUT2D eigenvalue weighted by molar-refractivity contribution is 5.92. The van der Waals surface area contributed by atoms with Crippen LogP contribution in [0.3, 0.4) is 0 Å². The lowest BCUT2D eigenvalue weighted by atomic mass is 10.1. The largest absolute Gasteiger partial charge is 0.484 e. The van der Waals surface area contributed by atoms with E-state index in [0.717, 1.165) is 18.7 Å². The van der Waals surface area contributed by atoms with E-state index in [2.05, 4.69) is 15.2 Å². The van der Waals surface area contributed by atoms with E-state index in [0.29, 0.717) is 17.9 Å². The minimum absolute atomic E-state index is 0.0876. The van der Waals surface area contributed by atoms with E-state index in [9.17, 15) is 9.59 Å². The molecule has 1 aromatic carbocycles. The number of aromatic nitrogens is 1. The Balaban J connectivity index is 1.52. The Hall–Kier alpha value is -2.93. The van der Waals surface area contributed by atoms with Crippen molar-refractivity contribution in [1.29, 1.82) is 0 Å². The number of nitrogens with two attached hydrogens (primary N) is 1. The van der Waals surface area contributed by atoms with Crippen molar-refractivity contribution in [2.75, 3.05) is 26.2 Å². The van der Waals surface area contributed by atoms with Crippen molar-refractivity contribution >= 4 is 11.8 Å². The van der Waals surface area contributed by atoms with Crippen LogP contribution in [-0.4, -0.2) is 47.9 Å². The zero-order valence-corrected chi connectivity index (χ0v) is 15.1. The molecule has 1 unspecified atom stereocenters. The second-order valence-electron chi connectivity index (χ2n) is 6.53. The molecule has 0 aliphatic carbocycles. The van der Waals surface area contributed by atoms with Gasteiger partial charge in [0.2, 0.25) is 5.91 Å². The number of nitrogens with one attached hydrogen (secondary N) is 1. The first-order chi connectivity index (χ1) is 13.1. The summed E-state index contributed by atoms with van der Waals surface area (Å²) in [5.41, 5.74) is 6.70. The third-order valence-electron chi connectivity index (χ3n) is 4.65. The molecule has 0 radical (unpaired) electrons. The fourth-order valence-corrected chi connectivity index (χ4v) is 3.21. The van der Waals surface area contributed by atoms with E-state index in [-0.39, 0.29) is 18.6 Å². The van der Waals surface area contributed by atoms with Gasteiger partial charge in [-0.3, -0.25) is 19.5 Å². The van der Waals surface area contributed by atoms with Gasteiger partial charge in [0.05, 0.1) is 6.04 Å². The van der Waals surface area contributed by atoms with E-state index < -0.39 is 5.91 Å². The molecule has 2 amide bonds. The smallest absolute Gasteiger partial charge is 0.258 e. The predicted octanol–water partition coefficient (Wildman–Crippen LogP) is 1.51. The van der Waals surface area contributed by atoms with Crippen LogP contribution >= 0.6 is 0 Å². The summed E-state index contributed by atoms with van der Waals surface area (Å²) < 4.78 is 5.48. The molecule has 27 heavy (non-hydrogen) atoms. The molecule has 0 spiro atoms. The molecule has 3 rings (SSSR count). The Kier molecular flexibility index (Phi) is 6.38. The first kappa shape index (κ1) is 18.8. The lowest BCUT2D eigenvalue weighted by molar-refractivity contribution is -0.123. The van der Waals surface area contributed by atoms with E-state index in [1.807, 2.05) is 18.3 Å². The summed E-state index contributed by atoms with van der Waals surface area (Å²) in [6.45, 7) is 2.47. The monoisotopic (exact) mass is 368 g/mol. The van der Waals surface area contributed by atoms with E-state index >= 15 is 0 Å². The zero-order chi connectivity index (χ0) is 19.1. The molecule has 7 nitrogen and oxygen atoms in total. The number of pyridine rings is 1. The molecule has 1 aliphatic heterocycles. The van der Waals surface area contributed by atoms with Gasteiger partial charge in [-0.15, -0.1) is 0 Å². The minimum Gasteiger partial charge on any atom is -0.484 e. The van der Waals surface area contributed by atoms with E-state index in [1.54, 1.807) is 30.5 Å². The SMILES string of the molecule is NC(=O)c1ccc(OCC(=O)NCC(c2cccnc2)N2CCCC2)cc1. The molecule has 1 saturated heterocycles. The van der Waals surface area contributed by atoms with Crippen molar-refractivity contribution in [1.82, 2.24) is 15.2 Å². The molecule has 0 bridgehead atoms. The van der Waals surface area contributed by atoms with E-state index in [4.69, 9.17) is 10.5 Å². The summed E-state index contributed by atoms with van der Waals surface area (Å²) in [5.74, 6) is -0.178. The maximum Gasteiger partial charge on any atom is 0.258 e. The molecule has 1 aromatic heterocycles. The Bertz CT molecular complexity index is 759. The highest BCUT2D eigenvalue weighted by atomic mass is 16.5. The maximum atomic E-state index is 12.2. The number of hydrogen-bond acceptors (Lipinski definition) is 5. The number of carbonyl (C=O) groups is 2. The first-order valence-electron chi connectivity index (χ1n) is 9.07. The van der Waals surface area contributed by atoms with Gasteiger partial charge in [-0.25, -0.2) is 0 Å². The Morgan fingerprint density at radius 2 is 1.93 bits per heavy atom. The molecule has 3 N–H and O–H groups in total. The highest BCUT2D eigenvalue weighted by Gasteiger charge is 2.24. The van der Waals surface area contributed by atoms with Crippen LogP contribution in [-0.2, 0) is 4.79 Å². The van der Waals surface area contributed by atoms with Gasteiger partial charge >= 0.3 is 0 Å². The molecule has 1 atom stereocenters. The average Bonchev–Trinajstić information content (AvgIpc) is 3.22. The molecule has 2 aromatic rings. The topological polar surface area (TPSA) is 97.6 Å². The molecule has 7 heteroatoms. The summed E-state index contributed by atoms with van der Waals surface area (Å²) in [6.07, 6.45) is 5.95. The zero-order valence-electron chi connectivity index (χ0n) is 15.1. The van der Waals surface area contributed by atoms with Crippen LogP contribution in [0, 0.1) is 0 Å². The third-order valence-corrected chi connectivity index (χ3v) is 4.65. The van der Waals surface area contributed by atoms with Gasteiger partial charge in [0, 0.05) is 24.5 Å². The van der Waals surface area contributed by atoms with Crippen molar-refractivity contribution in [3.63, 3.8) is 0 Å². The summed E-state index contributed by atoms with van der Waals surface area (Å²) in [7, 11) is 0. The number of likely N-dealkylation sites (tertiary alicyclic amines) is 1. The van der Waals surface area contributed by atoms with Gasteiger partial charge in [0.15, 0.2) is 6.61 Å². The van der Waals surface area contributed by atoms with Crippen LogP contribution in [0.2, 0.25) is 0 Å². The minimum atomic E-state index is -0.498. The highest BCUT2D eigenvalue weighted by Crippen LogP contribution is 2.23. The normalized spacial score (nSPS) is 15.3. The number of nitrogens with zero attached hydrogens (tertiary/aromatic N) is 2. The maximum absolute atomic E-state index is 12.2. The number of amides is 2. The lowest BCUT2D eigenvalue weighted by Crippen LogP contribution is -2.38.